The maximum atomic E-state index is 12.7. The van der Waals surface area contributed by atoms with E-state index in [4.69, 9.17) is 9.47 Å². The van der Waals surface area contributed by atoms with Gasteiger partial charge in [-0.25, -0.2) is 9.97 Å². The van der Waals surface area contributed by atoms with Crippen LogP contribution in [0.15, 0.2) is 72.0 Å². The smallest absolute Gasteiger partial charge is 0.261 e. The van der Waals surface area contributed by atoms with E-state index < -0.39 is 0 Å². The van der Waals surface area contributed by atoms with E-state index in [0.29, 0.717) is 34.8 Å². The molecule has 2 aromatic carbocycles. The third-order valence-electron chi connectivity index (χ3n) is 6.90. The average Bonchev–Trinajstić information content (AvgIpc) is 3.58. The predicted octanol–water partition coefficient (Wildman–Crippen LogP) is 4.71. The van der Waals surface area contributed by atoms with Crippen LogP contribution in [0.25, 0.3) is 44.2 Å². The molecule has 0 amide bonds. The van der Waals surface area contributed by atoms with E-state index in [2.05, 4.69) is 26.1 Å². The molecule has 6 rings (SSSR count). The zero-order valence-corrected chi connectivity index (χ0v) is 21.5. The van der Waals surface area contributed by atoms with E-state index in [-0.39, 0.29) is 5.56 Å². The number of aromatic amines is 1. The topological polar surface area (TPSA) is 99.9 Å². The molecule has 0 spiro atoms. The van der Waals surface area contributed by atoms with Gasteiger partial charge in [0.2, 0.25) is 0 Å². The molecular weight excluding hydrogens is 480 g/mol. The first kappa shape index (κ1) is 23.5. The third-order valence-corrected chi connectivity index (χ3v) is 6.90. The second-order valence-electron chi connectivity index (χ2n) is 9.19. The summed E-state index contributed by atoms with van der Waals surface area (Å²) >= 11 is 0. The Hall–Kier alpha value is -4.92. The van der Waals surface area contributed by atoms with Crippen LogP contribution in [0.1, 0.15) is 11.4 Å². The SMILES string of the molecule is COc1ccc(-c2cnc3[nH]cc(-c4cnn(Cc5ccc6nc(C)n(C)c(=O)c6c5)c4)c3c2)cc1OC. The highest BCUT2D eigenvalue weighted by molar-refractivity contribution is 5.95. The van der Waals surface area contributed by atoms with Gasteiger partial charge in [0, 0.05) is 47.7 Å². The Morgan fingerprint density at radius 1 is 0.921 bits per heavy atom. The van der Waals surface area contributed by atoms with Crippen LogP contribution in [0.5, 0.6) is 11.5 Å². The number of methoxy groups -OCH3 is 2. The van der Waals surface area contributed by atoms with E-state index in [0.717, 1.165) is 38.9 Å². The van der Waals surface area contributed by atoms with E-state index in [1.807, 2.05) is 72.8 Å². The monoisotopic (exact) mass is 506 g/mol. The summed E-state index contributed by atoms with van der Waals surface area (Å²) in [4.78, 5) is 25.1. The van der Waals surface area contributed by atoms with Gasteiger partial charge in [-0.2, -0.15) is 5.10 Å². The number of aryl methyl sites for hydroxylation is 1. The Labute approximate surface area is 218 Å². The minimum atomic E-state index is -0.0490. The quantitative estimate of drug-likeness (QED) is 0.351. The minimum Gasteiger partial charge on any atom is -0.493 e. The normalized spacial score (nSPS) is 11.4. The Balaban J connectivity index is 1.32. The van der Waals surface area contributed by atoms with Crippen LogP contribution in [0.4, 0.5) is 0 Å². The van der Waals surface area contributed by atoms with Gasteiger partial charge in [-0.15, -0.1) is 0 Å². The van der Waals surface area contributed by atoms with Crippen LogP contribution in [-0.2, 0) is 13.6 Å². The summed E-state index contributed by atoms with van der Waals surface area (Å²) in [5.74, 6) is 2.03. The number of pyridine rings is 1. The van der Waals surface area contributed by atoms with Crippen molar-refractivity contribution in [2.75, 3.05) is 14.2 Å². The van der Waals surface area contributed by atoms with Gasteiger partial charge < -0.3 is 14.5 Å². The summed E-state index contributed by atoms with van der Waals surface area (Å²) in [7, 11) is 4.99. The van der Waals surface area contributed by atoms with E-state index >= 15 is 0 Å². The minimum absolute atomic E-state index is 0.0490. The second kappa shape index (κ2) is 9.19. The number of rotatable bonds is 6. The van der Waals surface area contributed by atoms with Gasteiger partial charge in [0.05, 0.1) is 37.9 Å². The Kier molecular flexibility index (Phi) is 5.68. The molecule has 6 aromatic rings. The standard InChI is InChI=1S/C29H26N6O3/c1-17-33-25-7-5-18(9-23(25)29(36)34(17)2)15-35-16-21(13-32-35)24-14-31-28-22(24)10-20(12-30-28)19-6-8-26(37-3)27(11-19)38-4/h5-14,16H,15H2,1-4H3,(H,30,31). The molecule has 190 valence electrons. The molecule has 0 aliphatic carbocycles. The summed E-state index contributed by atoms with van der Waals surface area (Å²) in [5.41, 5.74) is 6.35. The molecule has 0 saturated heterocycles. The highest BCUT2D eigenvalue weighted by Gasteiger charge is 2.13. The molecule has 38 heavy (non-hydrogen) atoms. The first-order chi connectivity index (χ1) is 18.4. The Morgan fingerprint density at radius 3 is 2.58 bits per heavy atom. The van der Waals surface area contributed by atoms with Gasteiger partial charge >= 0.3 is 0 Å². The van der Waals surface area contributed by atoms with Crippen molar-refractivity contribution in [1.82, 2.24) is 29.3 Å². The van der Waals surface area contributed by atoms with Crippen molar-refractivity contribution in [1.29, 1.82) is 0 Å². The molecule has 0 unspecified atom stereocenters. The van der Waals surface area contributed by atoms with Crippen LogP contribution in [-0.4, -0.2) is 43.5 Å². The highest BCUT2D eigenvalue weighted by Crippen LogP contribution is 2.35. The second-order valence-corrected chi connectivity index (χ2v) is 9.19. The molecule has 0 aliphatic rings. The van der Waals surface area contributed by atoms with Gasteiger partial charge in [0.1, 0.15) is 11.5 Å². The predicted molar refractivity (Wildman–Crippen MR) is 147 cm³/mol. The molecule has 0 atom stereocenters. The number of aromatic nitrogens is 6. The van der Waals surface area contributed by atoms with Crippen molar-refractivity contribution in [3.63, 3.8) is 0 Å². The first-order valence-electron chi connectivity index (χ1n) is 12.1. The Morgan fingerprint density at radius 2 is 1.76 bits per heavy atom. The summed E-state index contributed by atoms with van der Waals surface area (Å²) in [6.45, 7) is 2.36. The van der Waals surface area contributed by atoms with E-state index in [1.54, 1.807) is 25.8 Å². The van der Waals surface area contributed by atoms with Gasteiger partial charge in [-0.3, -0.25) is 14.0 Å². The van der Waals surface area contributed by atoms with Crippen molar-refractivity contribution in [2.45, 2.75) is 13.5 Å². The van der Waals surface area contributed by atoms with Crippen molar-refractivity contribution in [2.24, 2.45) is 7.05 Å². The van der Waals surface area contributed by atoms with Crippen LogP contribution < -0.4 is 15.0 Å². The fourth-order valence-electron chi connectivity index (χ4n) is 4.72. The number of hydrogen-bond donors (Lipinski definition) is 1. The number of nitrogens with zero attached hydrogens (tertiary/aromatic N) is 5. The fourth-order valence-corrected chi connectivity index (χ4v) is 4.72. The molecule has 4 aromatic heterocycles. The van der Waals surface area contributed by atoms with Crippen LogP contribution in [0.3, 0.4) is 0 Å². The summed E-state index contributed by atoms with van der Waals surface area (Å²) < 4.78 is 14.3. The van der Waals surface area contributed by atoms with Crippen LogP contribution >= 0.6 is 0 Å². The molecule has 0 fully saturated rings. The van der Waals surface area contributed by atoms with Gasteiger partial charge in [-0.1, -0.05) is 12.1 Å². The number of nitrogens with one attached hydrogen (secondary N) is 1. The van der Waals surface area contributed by atoms with Crippen LogP contribution in [0, 0.1) is 6.92 Å². The molecule has 0 radical (unpaired) electrons. The molecule has 0 bridgehead atoms. The zero-order chi connectivity index (χ0) is 26.4. The zero-order valence-electron chi connectivity index (χ0n) is 21.5. The number of ether oxygens (including phenoxy) is 2. The molecule has 4 heterocycles. The molecule has 9 heteroatoms. The van der Waals surface area contributed by atoms with E-state index in [9.17, 15) is 4.79 Å². The molecular formula is C29H26N6O3. The summed E-state index contributed by atoms with van der Waals surface area (Å²) in [6.07, 6.45) is 7.64. The molecule has 1 N–H and O–H groups in total. The lowest BCUT2D eigenvalue weighted by molar-refractivity contribution is 0.355. The number of benzene rings is 2. The average molecular weight is 507 g/mol. The maximum Gasteiger partial charge on any atom is 0.261 e. The highest BCUT2D eigenvalue weighted by atomic mass is 16.5. The Bertz CT molecular complexity index is 1880. The molecule has 0 saturated carbocycles. The van der Waals surface area contributed by atoms with Crippen molar-refractivity contribution < 1.29 is 9.47 Å². The number of H-pyrrole nitrogens is 1. The lowest BCUT2D eigenvalue weighted by atomic mass is 10.0. The van der Waals surface area contributed by atoms with Crippen molar-refractivity contribution >= 4 is 21.9 Å². The summed E-state index contributed by atoms with van der Waals surface area (Å²) in [5, 5.41) is 6.18. The summed E-state index contributed by atoms with van der Waals surface area (Å²) in [6, 6.07) is 13.7. The van der Waals surface area contributed by atoms with Crippen molar-refractivity contribution in [3.05, 3.63) is 89.0 Å². The maximum absolute atomic E-state index is 12.7. The van der Waals surface area contributed by atoms with Crippen LogP contribution in [0.2, 0.25) is 0 Å². The number of hydrogen-bond acceptors (Lipinski definition) is 6. The van der Waals surface area contributed by atoms with Gasteiger partial charge in [0.15, 0.2) is 11.5 Å². The third kappa shape index (κ3) is 3.98. The first-order valence-corrected chi connectivity index (χ1v) is 12.1. The number of fused-ring (bicyclic) bond motifs is 2. The molecule has 9 nitrogen and oxygen atoms in total. The largest absolute Gasteiger partial charge is 0.493 e. The fraction of sp³-hybridized carbons (Fsp3) is 0.172. The molecule has 0 aliphatic heterocycles. The lowest BCUT2D eigenvalue weighted by Gasteiger charge is -2.09. The van der Waals surface area contributed by atoms with Gasteiger partial charge in [0.25, 0.3) is 5.56 Å². The van der Waals surface area contributed by atoms with Crippen molar-refractivity contribution in [3.8, 4) is 33.8 Å². The van der Waals surface area contributed by atoms with E-state index in [1.165, 1.54) is 0 Å². The van der Waals surface area contributed by atoms with Gasteiger partial charge in [-0.05, 0) is 48.4 Å². The lowest BCUT2D eigenvalue weighted by Crippen LogP contribution is -2.20.